The number of aromatic nitrogens is 4. The van der Waals surface area contributed by atoms with Gasteiger partial charge in [-0.25, -0.2) is 4.98 Å². The lowest BCUT2D eigenvalue weighted by atomic mass is 10.0. The molecule has 132 valence electrons. The van der Waals surface area contributed by atoms with Gasteiger partial charge in [0.05, 0.1) is 29.7 Å². The monoisotopic (exact) mass is 341 g/mol. The van der Waals surface area contributed by atoms with Crippen molar-refractivity contribution in [1.82, 2.24) is 25.1 Å². The maximum atomic E-state index is 12.5. The minimum absolute atomic E-state index is 0.245. The Morgan fingerprint density at radius 3 is 2.92 bits per heavy atom. The number of rotatable bonds is 4. The molecule has 1 amide bonds. The van der Waals surface area contributed by atoms with Crippen LogP contribution < -0.4 is 5.32 Å². The minimum atomic E-state index is -0.532. The predicted octanol–water partition coefficient (Wildman–Crippen LogP) is 1.12. The molecule has 0 aromatic carbocycles. The Hall–Kier alpha value is -2.28. The van der Waals surface area contributed by atoms with Gasteiger partial charge in [0.15, 0.2) is 0 Å². The van der Waals surface area contributed by atoms with Crippen molar-refractivity contribution in [2.24, 2.45) is 5.92 Å². The highest BCUT2D eigenvalue weighted by Gasteiger charge is 2.34. The molecule has 2 aliphatic rings. The molecule has 0 aliphatic heterocycles. The van der Waals surface area contributed by atoms with Crippen LogP contribution in [0.4, 0.5) is 0 Å². The molecule has 0 saturated heterocycles. The van der Waals surface area contributed by atoms with Gasteiger partial charge in [-0.1, -0.05) is 0 Å². The highest BCUT2D eigenvalue weighted by molar-refractivity contribution is 5.92. The predicted molar refractivity (Wildman–Crippen MR) is 90.9 cm³/mol. The maximum Gasteiger partial charge on any atom is 0.271 e. The number of carbonyl (C=O) groups is 1. The summed E-state index contributed by atoms with van der Waals surface area (Å²) in [7, 11) is 0. The molecular weight excluding hydrogens is 318 g/mol. The summed E-state index contributed by atoms with van der Waals surface area (Å²) in [5.41, 5.74) is 2.31. The summed E-state index contributed by atoms with van der Waals surface area (Å²) in [6.07, 6.45) is 10.2. The van der Waals surface area contributed by atoms with Gasteiger partial charge in [-0.15, -0.1) is 0 Å². The smallest absolute Gasteiger partial charge is 0.271 e. The van der Waals surface area contributed by atoms with E-state index in [1.54, 1.807) is 12.4 Å². The third-order valence-electron chi connectivity index (χ3n) is 5.19. The van der Waals surface area contributed by atoms with Crippen LogP contribution in [0.25, 0.3) is 0 Å². The fourth-order valence-electron chi connectivity index (χ4n) is 3.89. The number of hydrogen-bond acceptors (Lipinski definition) is 5. The van der Waals surface area contributed by atoms with Gasteiger partial charge in [-0.2, -0.15) is 5.10 Å². The lowest BCUT2D eigenvalue weighted by Crippen LogP contribution is -2.40. The lowest BCUT2D eigenvalue weighted by Gasteiger charge is -2.18. The first-order valence-electron chi connectivity index (χ1n) is 9.00. The van der Waals surface area contributed by atoms with Crippen LogP contribution in [0, 0.1) is 5.92 Å². The summed E-state index contributed by atoms with van der Waals surface area (Å²) in [6.45, 7) is 0.759. The fraction of sp³-hybridized carbons (Fsp3) is 0.556. The van der Waals surface area contributed by atoms with Crippen LogP contribution in [0.3, 0.4) is 0 Å². The summed E-state index contributed by atoms with van der Waals surface area (Å²) >= 11 is 0. The van der Waals surface area contributed by atoms with E-state index in [0.717, 1.165) is 50.0 Å². The van der Waals surface area contributed by atoms with Crippen molar-refractivity contribution >= 4 is 5.91 Å². The van der Waals surface area contributed by atoms with Gasteiger partial charge < -0.3 is 10.4 Å². The maximum absolute atomic E-state index is 12.5. The molecule has 2 N–H and O–H groups in total. The van der Waals surface area contributed by atoms with Crippen LogP contribution in [0.15, 0.2) is 24.7 Å². The van der Waals surface area contributed by atoms with E-state index < -0.39 is 6.10 Å². The summed E-state index contributed by atoms with van der Waals surface area (Å²) in [5.74, 6) is 0.0551. The molecule has 2 aromatic rings. The van der Waals surface area contributed by atoms with Crippen molar-refractivity contribution in [3.05, 3.63) is 41.7 Å². The molecule has 3 atom stereocenters. The average molecular weight is 341 g/mol. The number of amides is 1. The van der Waals surface area contributed by atoms with Gasteiger partial charge in [-0.3, -0.25) is 14.5 Å². The topological polar surface area (TPSA) is 92.9 Å². The molecule has 0 bridgehead atoms. The summed E-state index contributed by atoms with van der Waals surface area (Å²) in [4.78, 5) is 21.4. The number of aryl methyl sites for hydroxylation is 2. The first kappa shape index (κ1) is 16.2. The van der Waals surface area contributed by atoms with Crippen LogP contribution in [0.1, 0.15) is 47.6 Å². The zero-order valence-corrected chi connectivity index (χ0v) is 14.1. The normalized spacial score (nSPS) is 25.6. The van der Waals surface area contributed by atoms with E-state index in [9.17, 15) is 9.90 Å². The third kappa shape index (κ3) is 3.56. The standard InChI is InChI=1S/C18H23N5O2/c24-17-9-12(11-23-7-3-6-20-23)8-15(17)22-18(25)16-10-19-13-4-1-2-5-14(13)21-16/h3,6-7,10,12,15,17,24H,1-2,4-5,8-9,11H2,(H,22,25)/t12?,15-,17-/m1/s1. The molecule has 0 radical (unpaired) electrons. The quantitative estimate of drug-likeness (QED) is 0.869. The number of hydrogen-bond donors (Lipinski definition) is 2. The average Bonchev–Trinajstić information content (AvgIpc) is 3.25. The van der Waals surface area contributed by atoms with Crippen LogP contribution >= 0.6 is 0 Å². The minimum Gasteiger partial charge on any atom is -0.391 e. The first-order chi connectivity index (χ1) is 12.2. The zero-order chi connectivity index (χ0) is 17.2. The summed E-state index contributed by atoms with van der Waals surface area (Å²) in [6, 6.07) is 1.64. The Balaban J connectivity index is 1.39. The number of fused-ring (bicyclic) bond motifs is 1. The molecule has 1 saturated carbocycles. The lowest BCUT2D eigenvalue weighted by molar-refractivity contribution is 0.0867. The molecule has 2 aliphatic carbocycles. The van der Waals surface area contributed by atoms with E-state index in [2.05, 4.69) is 20.4 Å². The van der Waals surface area contributed by atoms with E-state index in [4.69, 9.17) is 0 Å². The Kier molecular flexibility index (Phi) is 4.48. The number of nitrogens with zero attached hydrogens (tertiary/aromatic N) is 4. The molecule has 2 heterocycles. The van der Waals surface area contributed by atoms with Crippen LogP contribution in [0.5, 0.6) is 0 Å². The number of nitrogens with one attached hydrogen (secondary N) is 1. The zero-order valence-electron chi connectivity index (χ0n) is 14.1. The Morgan fingerprint density at radius 1 is 1.28 bits per heavy atom. The molecule has 2 aromatic heterocycles. The van der Waals surface area contributed by atoms with Gasteiger partial charge in [-0.05, 0) is 50.5 Å². The molecule has 7 nitrogen and oxygen atoms in total. The SMILES string of the molecule is O=C(N[C@@H]1CC(Cn2cccn2)C[C@H]1O)c1cnc2c(n1)CCCC2. The van der Waals surface area contributed by atoms with Gasteiger partial charge in [0.1, 0.15) is 5.69 Å². The van der Waals surface area contributed by atoms with Crippen molar-refractivity contribution in [2.75, 3.05) is 0 Å². The van der Waals surface area contributed by atoms with Crippen molar-refractivity contribution in [1.29, 1.82) is 0 Å². The van der Waals surface area contributed by atoms with Crippen LogP contribution in [-0.4, -0.2) is 42.9 Å². The van der Waals surface area contributed by atoms with Gasteiger partial charge in [0, 0.05) is 18.9 Å². The molecule has 4 rings (SSSR count). The van der Waals surface area contributed by atoms with Crippen LogP contribution in [-0.2, 0) is 19.4 Å². The van der Waals surface area contributed by atoms with E-state index in [-0.39, 0.29) is 11.9 Å². The first-order valence-corrected chi connectivity index (χ1v) is 9.00. The van der Waals surface area contributed by atoms with E-state index in [1.165, 1.54) is 0 Å². The molecule has 1 unspecified atom stereocenters. The van der Waals surface area contributed by atoms with Crippen molar-refractivity contribution in [3.8, 4) is 0 Å². The molecular formula is C18H23N5O2. The highest BCUT2D eigenvalue weighted by atomic mass is 16.3. The van der Waals surface area contributed by atoms with Crippen molar-refractivity contribution in [3.63, 3.8) is 0 Å². The third-order valence-corrected chi connectivity index (χ3v) is 5.19. The van der Waals surface area contributed by atoms with Crippen molar-refractivity contribution in [2.45, 2.75) is 57.2 Å². The van der Waals surface area contributed by atoms with Crippen molar-refractivity contribution < 1.29 is 9.90 Å². The molecule has 7 heteroatoms. The Bertz CT molecular complexity index is 746. The fourth-order valence-corrected chi connectivity index (χ4v) is 3.89. The van der Waals surface area contributed by atoms with Gasteiger partial charge >= 0.3 is 0 Å². The number of aliphatic hydroxyl groups is 1. The van der Waals surface area contributed by atoms with E-state index in [1.807, 2.05) is 16.9 Å². The second-order valence-corrected chi connectivity index (χ2v) is 7.07. The van der Waals surface area contributed by atoms with Crippen LogP contribution in [0.2, 0.25) is 0 Å². The second kappa shape index (κ2) is 6.92. The number of aliphatic hydroxyl groups excluding tert-OH is 1. The largest absolute Gasteiger partial charge is 0.391 e. The van der Waals surface area contributed by atoms with E-state index >= 15 is 0 Å². The molecule has 1 fully saturated rings. The van der Waals surface area contributed by atoms with E-state index in [0.29, 0.717) is 18.0 Å². The van der Waals surface area contributed by atoms with Gasteiger partial charge in [0.25, 0.3) is 5.91 Å². The molecule has 0 spiro atoms. The summed E-state index contributed by atoms with van der Waals surface area (Å²) in [5, 5.41) is 17.4. The number of carbonyl (C=O) groups excluding carboxylic acids is 1. The van der Waals surface area contributed by atoms with Gasteiger partial charge in [0.2, 0.25) is 0 Å². The summed E-state index contributed by atoms with van der Waals surface area (Å²) < 4.78 is 1.87. The molecule has 25 heavy (non-hydrogen) atoms. The highest BCUT2D eigenvalue weighted by Crippen LogP contribution is 2.27. The Labute approximate surface area is 146 Å². The second-order valence-electron chi connectivity index (χ2n) is 7.07. The Morgan fingerprint density at radius 2 is 2.12 bits per heavy atom.